The summed E-state index contributed by atoms with van der Waals surface area (Å²) in [6.07, 6.45) is 1.14. The van der Waals surface area contributed by atoms with Gasteiger partial charge < -0.3 is 5.32 Å². The lowest BCUT2D eigenvalue weighted by molar-refractivity contribution is 0.104. The minimum absolute atomic E-state index is 0.317. The molecule has 0 radical (unpaired) electrons. The molecule has 2 aromatic carbocycles. The third-order valence-corrected chi connectivity index (χ3v) is 5.34. The molecule has 23 heavy (non-hydrogen) atoms. The number of fused-ring (bicyclic) bond motifs is 1. The molecule has 1 aliphatic heterocycles. The van der Waals surface area contributed by atoms with Gasteiger partial charge in [-0.3, -0.25) is 9.10 Å². The van der Waals surface area contributed by atoms with E-state index in [4.69, 9.17) is 0 Å². The van der Waals surface area contributed by atoms with E-state index in [1.54, 1.807) is 24.3 Å². The van der Waals surface area contributed by atoms with Crippen LogP contribution in [0.3, 0.4) is 0 Å². The SMILES string of the molecule is CN1c2ccccc2C(=O)/C(=C\Nc2ccc(F)cc2)S1(=O)=O. The molecule has 0 atom stereocenters. The quantitative estimate of drug-likeness (QED) is 0.859. The van der Waals surface area contributed by atoms with Gasteiger partial charge in [0, 0.05) is 24.5 Å². The second kappa shape index (κ2) is 5.51. The van der Waals surface area contributed by atoms with Crippen LogP contribution in [0.25, 0.3) is 0 Å². The summed E-state index contributed by atoms with van der Waals surface area (Å²) in [7, 11) is -2.54. The first kappa shape index (κ1) is 15.2. The molecule has 0 saturated heterocycles. The van der Waals surface area contributed by atoms with Crippen LogP contribution in [0.5, 0.6) is 0 Å². The standard InChI is InChI=1S/C16H13FN2O3S/c1-19-14-5-3-2-4-13(14)16(20)15(23(19,21)22)10-18-12-8-6-11(17)7-9-12/h2-10,18H,1H3/b15-10+. The lowest BCUT2D eigenvalue weighted by Gasteiger charge is -2.27. The van der Waals surface area contributed by atoms with Gasteiger partial charge in [-0.05, 0) is 36.4 Å². The number of anilines is 2. The summed E-state index contributed by atoms with van der Waals surface area (Å²) in [5, 5.41) is 2.72. The van der Waals surface area contributed by atoms with E-state index in [1.807, 2.05) is 0 Å². The highest BCUT2D eigenvalue weighted by Gasteiger charge is 2.37. The van der Waals surface area contributed by atoms with E-state index in [0.29, 0.717) is 16.9 Å². The fourth-order valence-corrected chi connectivity index (χ4v) is 3.57. The minimum Gasteiger partial charge on any atom is -0.360 e. The lowest BCUT2D eigenvalue weighted by atomic mass is 10.1. The predicted octanol–water partition coefficient (Wildman–Crippen LogP) is 2.74. The number of carbonyl (C=O) groups is 1. The van der Waals surface area contributed by atoms with Crippen LogP contribution in [0.2, 0.25) is 0 Å². The predicted molar refractivity (Wildman–Crippen MR) is 86.2 cm³/mol. The minimum atomic E-state index is -3.93. The van der Waals surface area contributed by atoms with Crippen LogP contribution in [0.4, 0.5) is 15.8 Å². The Morgan fingerprint density at radius 1 is 1.09 bits per heavy atom. The number of hydrogen-bond acceptors (Lipinski definition) is 4. The topological polar surface area (TPSA) is 66.5 Å². The second-order valence-electron chi connectivity index (χ2n) is 4.98. The van der Waals surface area contributed by atoms with Crippen LogP contribution in [0.15, 0.2) is 59.6 Å². The van der Waals surface area contributed by atoms with Gasteiger partial charge in [0.2, 0.25) is 5.78 Å². The summed E-state index contributed by atoms with van der Waals surface area (Å²) in [4.78, 5) is 12.1. The van der Waals surface area contributed by atoms with Gasteiger partial charge in [0.25, 0.3) is 10.0 Å². The van der Waals surface area contributed by atoms with Crippen molar-refractivity contribution in [2.24, 2.45) is 0 Å². The molecule has 1 heterocycles. The highest BCUT2D eigenvalue weighted by atomic mass is 32.2. The van der Waals surface area contributed by atoms with E-state index in [1.165, 1.54) is 31.3 Å². The van der Waals surface area contributed by atoms with Crippen LogP contribution in [-0.4, -0.2) is 21.2 Å². The molecule has 0 aliphatic carbocycles. The third kappa shape index (κ3) is 2.59. The average Bonchev–Trinajstić information content (AvgIpc) is 2.54. The van der Waals surface area contributed by atoms with Gasteiger partial charge in [-0.2, -0.15) is 0 Å². The smallest absolute Gasteiger partial charge is 0.269 e. The Morgan fingerprint density at radius 3 is 2.43 bits per heavy atom. The molecule has 0 aromatic heterocycles. The zero-order valence-electron chi connectivity index (χ0n) is 12.2. The molecule has 0 unspecified atom stereocenters. The highest BCUT2D eigenvalue weighted by molar-refractivity contribution is 7.97. The van der Waals surface area contributed by atoms with E-state index in [2.05, 4.69) is 5.32 Å². The van der Waals surface area contributed by atoms with Gasteiger partial charge >= 0.3 is 0 Å². The van der Waals surface area contributed by atoms with Gasteiger partial charge in [-0.25, -0.2) is 12.8 Å². The largest absolute Gasteiger partial charge is 0.360 e. The number of halogens is 1. The molecular formula is C16H13FN2O3S. The number of rotatable bonds is 2. The van der Waals surface area contributed by atoms with Gasteiger partial charge in [0.15, 0.2) is 4.91 Å². The Balaban J connectivity index is 2.03. The molecule has 2 aromatic rings. The van der Waals surface area contributed by atoms with Crippen molar-refractivity contribution in [1.82, 2.24) is 0 Å². The van der Waals surface area contributed by atoms with E-state index in [0.717, 1.165) is 10.5 Å². The van der Waals surface area contributed by atoms with Crippen molar-refractivity contribution in [1.29, 1.82) is 0 Å². The molecule has 7 heteroatoms. The average molecular weight is 332 g/mol. The molecule has 0 fully saturated rings. The molecule has 0 spiro atoms. The van der Waals surface area contributed by atoms with Crippen molar-refractivity contribution in [3.63, 3.8) is 0 Å². The van der Waals surface area contributed by atoms with E-state index >= 15 is 0 Å². The number of allylic oxidation sites excluding steroid dienone is 1. The molecule has 3 rings (SSSR count). The molecule has 0 bridgehead atoms. The van der Waals surface area contributed by atoms with Crippen LogP contribution >= 0.6 is 0 Å². The van der Waals surface area contributed by atoms with Gasteiger partial charge in [-0.1, -0.05) is 12.1 Å². The van der Waals surface area contributed by atoms with Crippen molar-refractivity contribution >= 4 is 27.2 Å². The highest BCUT2D eigenvalue weighted by Crippen LogP contribution is 2.33. The fraction of sp³-hybridized carbons (Fsp3) is 0.0625. The maximum atomic E-state index is 12.9. The number of sulfonamides is 1. The third-order valence-electron chi connectivity index (χ3n) is 3.56. The molecule has 0 amide bonds. The Morgan fingerprint density at radius 2 is 1.74 bits per heavy atom. The Hall–Kier alpha value is -2.67. The van der Waals surface area contributed by atoms with Crippen molar-refractivity contribution in [2.45, 2.75) is 0 Å². The van der Waals surface area contributed by atoms with Gasteiger partial charge in [0.05, 0.1) is 5.69 Å². The monoisotopic (exact) mass is 332 g/mol. The zero-order chi connectivity index (χ0) is 16.6. The van der Waals surface area contributed by atoms with Crippen LogP contribution < -0.4 is 9.62 Å². The summed E-state index contributed by atoms with van der Waals surface area (Å²) >= 11 is 0. The molecule has 5 nitrogen and oxygen atoms in total. The summed E-state index contributed by atoms with van der Waals surface area (Å²) in [5.41, 5.74) is 1.14. The van der Waals surface area contributed by atoms with E-state index < -0.39 is 21.6 Å². The van der Waals surface area contributed by atoms with Crippen LogP contribution in [-0.2, 0) is 10.0 Å². The summed E-state index contributed by atoms with van der Waals surface area (Å²) in [6.45, 7) is 0. The fourth-order valence-electron chi connectivity index (χ4n) is 2.30. The van der Waals surface area contributed by atoms with Crippen LogP contribution in [0.1, 0.15) is 10.4 Å². The second-order valence-corrected chi connectivity index (χ2v) is 6.92. The molecule has 118 valence electrons. The maximum absolute atomic E-state index is 12.9. The van der Waals surface area contributed by atoms with Crippen LogP contribution in [0, 0.1) is 5.82 Å². The summed E-state index contributed by atoms with van der Waals surface area (Å²) in [6, 6.07) is 11.9. The van der Waals surface area contributed by atoms with Crippen molar-refractivity contribution in [2.75, 3.05) is 16.7 Å². The van der Waals surface area contributed by atoms with Gasteiger partial charge in [-0.15, -0.1) is 0 Å². The summed E-state index contributed by atoms with van der Waals surface area (Å²) < 4.78 is 39.0. The van der Waals surface area contributed by atoms with Crippen molar-refractivity contribution < 1.29 is 17.6 Å². The first-order valence-electron chi connectivity index (χ1n) is 6.76. The molecule has 0 saturated carbocycles. The Kier molecular flexibility index (Phi) is 3.65. The Bertz CT molecular complexity index is 905. The molecule has 1 aliphatic rings. The zero-order valence-corrected chi connectivity index (χ0v) is 13.0. The van der Waals surface area contributed by atoms with Gasteiger partial charge in [0.1, 0.15) is 5.82 Å². The normalized spacial score (nSPS) is 17.9. The number of ketones is 1. The Labute approximate surface area is 133 Å². The number of nitrogens with zero attached hydrogens (tertiary/aromatic N) is 1. The maximum Gasteiger partial charge on any atom is 0.269 e. The number of hydrogen-bond donors (Lipinski definition) is 1. The number of Topliss-reactive ketones (excluding diaryl/α,β-unsaturated/α-hetero) is 1. The number of benzene rings is 2. The lowest BCUT2D eigenvalue weighted by Crippen LogP contribution is -2.36. The first-order chi connectivity index (χ1) is 10.9. The number of carbonyl (C=O) groups excluding carboxylic acids is 1. The summed E-state index contributed by atoms with van der Waals surface area (Å²) in [5.74, 6) is -0.980. The van der Waals surface area contributed by atoms with Crippen molar-refractivity contribution in [3.8, 4) is 0 Å². The first-order valence-corrected chi connectivity index (χ1v) is 8.20. The molecular weight excluding hydrogens is 319 g/mol. The van der Waals surface area contributed by atoms with Crippen molar-refractivity contribution in [3.05, 3.63) is 71.0 Å². The number of para-hydroxylation sites is 1. The van der Waals surface area contributed by atoms with E-state index in [-0.39, 0.29) is 4.91 Å². The number of nitrogens with one attached hydrogen (secondary N) is 1. The van der Waals surface area contributed by atoms with E-state index in [9.17, 15) is 17.6 Å². The molecule has 1 N–H and O–H groups in total.